The Hall–Kier alpha value is -1.80. The monoisotopic (exact) mass is 396 g/mol. The van der Waals surface area contributed by atoms with E-state index < -0.39 is 15.9 Å². The molecule has 0 unspecified atom stereocenters. The fourth-order valence-electron chi connectivity index (χ4n) is 2.00. The number of hydrogen-bond donors (Lipinski definition) is 2. The van der Waals surface area contributed by atoms with E-state index in [9.17, 15) is 13.2 Å². The van der Waals surface area contributed by atoms with Crippen LogP contribution < -0.4 is 10.0 Å². The number of thioether (sulfide) groups is 1. The minimum atomic E-state index is -3.76. The molecule has 0 aliphatic carbocycles. The third-order valence-electron chi connectivity index (χ3n) is 3.24. The fourth-order valence-corrected chi connectivity index (χ4v) is 4.00. The number of hydrogen-bond acceptors (Lipinski definition) is 4. The largest absolute Gasteiger partial charge is 0.321 e. The van der Waals surface area contributed by atoms with E-state index >= 15 is 0 Å². The van der Waals surface area contributed by atoms with Gasteiger partial charge in [-0.2, -0.15) is 0 Å². The minimum absolute atomic E-state index is 0.0489. The number of carbonyl (C=O) groups is 1. The summed E-state index contributed by atoms with van der Waals surface area (Å²) in [6.07, 6.45) is 1.78. The summed E-state index contributed by atoms with van der Waals surface area (Å²) >= 11 is 7.48. The first-order chi connectivity index (χ1) is 11.9. The summed E-state index contributed by atoms with van der Waals surface area (Å²) in [6.45, 7) is 3.68. The van der Waals surface area contributed by atoms with Gasteiger partial charge in [-0.3, -0.25) is 4.79 Å². The van der Waals surface area contributed by atoms with E-state index in [1.54, 1.807) is 12.1 Å². The minimum Gasteiger partial charge on any atom is -0.321 e. The highest BCUT2D eigenvalue weighted by Crippen LogP contribution is 2.28. The Balaban J connectivity index is 2.31. The van der Waals surface area contributed by atoms with Gasteiger partial charge in [-0.25, -0.2) is 13.1 Å². The van der Waals surface area contributed by atoms with Crippen molar-refractivity contribution in [1.29, 1.82) is 0 Å². The first-order valence-electron chi connectivity index (χ1n) is 7.26. The van der Waals surface area contributed by atoms with Gasteiger partial charge in [0.15, 0.2) is 0 Å². The third-order valence-corrected chi connectivity index (χ3v) is 6.21. The second-order valence-corrected chi connectivity index (χ2v) is 8.23. The second kappa shape index (κ2) is 8.53. The zero-order chi connectivity index (χ0) is 18.4. The zero-order valence-corrected chi connectivity index (χ0v) is 15.8. The van der Waals surface area contributed by atoms with Gasteiger partial charge in [-0.05, 0) is 37.4 Å². The van der Waals surface area contributed by atoms with E-state index in [1.807, 2.05) is 18.2 Å². The predicted octanol–water partition coefficient (Wildman–Crippen LogP) is 3.78. The lowest BCUT2D eigenvalue weighted by molar-refractivity contribution is 0.102. The number of benzene rings is 2. The van der Waals surface area contributed by atoms with Crippen LogP contribution in [0.25, 0.3) is 0 Å². The van der Waals surface area contributed by atoms with Gasteiger partial charge in [0.25, 0.3) is 5.91 Å². The standard InChI is InChI=1S/C17H17ClN2O3S2/c1-3-10-24-15-7-5-4-6-14(15)20-17(21)12-8-9-13(18)16(11-12)25(22,23)19-2/h3-9,11,19H,1,10H2,2H3,(H,20,21). The Bertz CT molecular complexity index is 899. The number of nitrogens with one attached hydrogen (secondary N) is 2. The van der Waals surface area contributed by atoms with Gasteiger partial charge in [0, 0.05) is 16.2 Å². The first-order valence-corrected chi connectivity index (χ1v) is 10.1. The maximum Gasteiger partial charge on any atom is 0.255 e. The van der Waals surface area contributed by atoms with Gasteiger partial charge < -0.3 is 5.32 Å². The molecule has 2 rings (SSSR count). The third kappa shape index (κ3) is 4.85. The summed E-state index contributed by atoms with van der Waals surface area (Å²) in [7, 11) is -2.47. The van der Waals surface area contributed by atoms with Crippen molar-refractivity contribution >= 4 is 45.0 Å². The van der Waals surface area contributed by atoms with E-state index in [4.69, 9.17) is 11.6 Å². The van der Waals surface area contributed by atoms with Crippen molar-refractivity contribution in [3.8, 4) is 0 Å². The molecule has 0 bridgehead atoms. The molecule has 0 saturated heterocycles. The van der Waals surface area contributed by atoms with Crippen LogP contribution in [0.5, 0.6) is 0 Å². The van der Waals surface area contributed by atoms with Crippen LogP contribution in [0.4, 0.5) is 5.69 Å². The SMILES string of the molecule is C=CCSc1ccccc1NC(=O)c1ccc(Cl)c(S(=O)(=O)NC)c1. The maximum atomic E-state index is 12.5. The summed E-state index contributed by atoms with van der Waals surface area (Å²) in [5.74, 6) is 0.286. The Morgan fingerprint density at radius 2 is 2.00 bits per heavy atom. The Kier molecular flexibility index (Phi) is 6.66. The van der Waals surface area contributed by atoms with Crippen molar-refractivity contribution < 1.29 is 13.2 Å². The Morgan fingerprint density at radius 3 is 2.68 bits per heavy atom. The highest BCUT2D eigenvalue weighted by molar-refractivity contribution is 7.99. The highest BCUT2D eigenvalue weighted by Gasteiger charge is 2.19. The van der Waals surface area contributed by atoms with Gasteiger partial charge in [0.05, 0.1) is 10.7 Å². The summed E-state index contributed by atoms with van der Waals surface area (Å²) in [5, 5.41) is 2.85. The molecule has 1 amide bonds. The van der Waals surface area contributed by atoms with Gasteiger partial charge >= 0.3 is 0 Å². The zero-order valence-electron chi connectivity index (χ0n) is 13.5. The Morgan fingerprint density at radius 1 is 1.28 bits per heavy atom. The average molecular weight is 397 g/mol. The fraction of sp³-hybridized carbons (Fsp3) is 0.118. The number of halogens is 1. The molecular formula is C17H17ClN2O3S2. The lowest BCUT2D eigenvalue weighted by Crippen LogP contribution is -2.20. The number of sulfonamides is 1. The number of para-hydroxylation sites is 1. The van der Waals surface area contributed by atoms with Crippen LogP contribution in [0.2, 0.25) is 5.02 Å². The quantitative estimate of drug-likeness (QED) is 0.551. The lowest BCUT2D eigenvalue weighted by atomic mass is 10.2. The van der Waals surface area contributed by atoms with E-state index in [0.29, 0.717) is 11.4 Å². The van der Waals surface area contributed by atoms with E-state index in [-0.39, 0.29) is 15.5 Å². The molecule has 2 N–H and O–H groups in total. The van der Waals surface area contributed by atoms with E-state index in [2.05, 4.69) is 16.6 Å². The van der Waals surface area contributed by atoms with Crippen LogP contribution in [0.15, 0.2) is 64.9 Å². The van der Waals surface area contributed by atoms with Crippen molar-refractivity contribution in [3.63, 3.8) is 0 Å². The molecule has 0 aliphatic rings. The maximum absolute atomic E-state index is 12.5. The smallest absolute Gasteiger partial charge is 0.255 e. The van der Waals surface area contributed by atoms with Crippen molar-refractivity contribution in [2.75, 3.05) is 18.1 Å². The number of anilines is 1. The molecule has 0 heterocycles. The molecule has 0 atom stereocenters. The second-order valence-electron chi connectivity index (χ2n) is 4.90. The van der Waals surface area contributed by atoms with Crippen molar-refractivity contribution in [3.05, 3.63) is 65.7 Å². The van der Waals surface area contributed by atoms with Gasteiger partial charge in [-0.15, -0.1) is 18.3 Å². The molecule has 0 fully saturated rings. The average Bonchev–Trinajstić information content (AvgIpc) is 2.61. The number of rotatable bonds is 7. The van der Waals surface area contributed by atoms with Crippen LogP contribution in [0.3, 0.4) is 0 Å². The molecule has 0 aromatic heterocycles. The van der Waals surface area contributed by atoms with Gasteiger partial charge in [0.1, 0.15) is 4.90 Å². The van der Waals surface area contributed by atoms with Crippen LogP contribution >= 0.6 is 23.4 Å². The lowest BCUT2D eigenvalue weighted by Gasteiger charge is -2.11. The molecular weight excluding hydrogens is 380 g/mol. The van der Waals surface area contributed by atoms with E-state index in [1.165, 1.54) is 37.0 Å². The van der Waals surface area contributed by atoms with Gasteiger partial charge in [0.2, 0.25) is 10.0 Å². The molecule has 0 saturated carbocycles. The summed E-state index contributed by atoms with van der Waals surface area (Å²) in [5.41, 5.74) is 0.842. The highest BCUT2D eigenvalue weighted by atomic mass is 35.5. The predicted molar refractivity (Wildman–Crippen MR) is 103 cm³/mol. The van der Waals surface area contributed by atoms with Crippen LogP contribution in [-0.2, 0) is 10.0 Å². The van der Waals surface area contributed by atoms with Gasteiger partial charge in [-0.1, -0.05) is 29.8 Å². The van der Waals surface area contributed by atoms with Crippen molar-refractivity contribution in [2.24, 2.45) is 0 Å². The molecule has 0 spiro atoms. The molecule has 25 heavy (non-hydrogen) atoms. The number of amides is 1. The molecule has 0 radical (unpaired) electrons. The topological polar surface area (TPSA) is 75.3 Å². The summed E-state index contributed by atoms with van der Waals surface area (Å²) in [6, 6.07) is 11.5. The van der Waals surface area contributed by atoms with Crippen molar-refractivity contribution in [1.82, 2.24) is 4.72 Å². The Labute approximate surface area is 156 Å². The molecule has 2 aromatic carbocycles. The molecule has 0 aliphatic heterocycles. The normalized spacial score (nSPS) is 11.1. The molecule has 5 nitrogen and oxygen atoms in total. The molecule has 8 heteroatoms. The van der Waals surface area contributed by atoms with Crippen LogP contribution in [0.1, 0.15) is 10.4 Å². The first kappa shape index (κ1) is 19.5. The van der Waals surface area contributed by atoms with Crippen LogP contribution in [-0.4, -0.2) is 27.1 Å². The summed E-state index contributed by atoms with van der Waals surface area (Å²) < 4.78 is 26.2. The van der Waals surface area contributed by atoms with E-state index in [0.717, 1.165) is 4.90 Å². The van der Waals surface area contributed by atoms with Crippen LogP contribution in [0, 0.1) is 0 Å². The molecule has 2 aromatic rings. The number of carbonyl (C=O) groups excluding carboxylic acids is 1. The summed E-state index contributed by atoms with van der Waals surface area (Å²) in [4.78, 5) is 13.3. The van der Waals surface area contributed by atoms with Crippen molar-refractivity contribution in [2.45, 2.75) is 9.79 Å². The molecule has 132 valence electrons.